The lowest BCUT2D eigenvalue weighted by Crippen LogP contribution is -2.45. The number of unbranched alkanes of at least 4 members (excludes halogenated alkanes) is 60. The summed E-state index contributed by atoms with van der Waals surface area (Å²) in [6.45, 7) is 4.96. The molecule has 0 aromatic carbocycles. The molecule has 0 aliphatic carbocycles. The molecule has 2 atom stereocenters. The Morgan fingerprint density at radius 2 is 0.568 bits per heavy atom. The maximum absolute atomic E-state index is 12.5. The zero-order chi connectivity index (χ0) is 58.5. The molecule has 2 unspecified atom stereocenters. The highest BCUT2D eigenvalue weighted by Gasteiger charge is 2.18. The van der Waals surface area contributed by atoms with Gasteiger partial charge in [-0.15, -0.1) is 0 Å². The number of esters is 1. The molecular formula is C75H147NO5. The summed E-state index contributed by atoms with van der Waals surface area (Å²) in [5.41, 5.74) is 0. The number of rotatable bonds is 71. The average Bonchev–Trinajstić information content (AvgIpc) is 3.47. The van der Waals surface area contributed by atoms with E-state index < -0.39 is 12.1 Å². The molecule has 1 amide bonds. The van der Waals surface area contributed by atoms with Gasteiger partial charge in [-0.3, -0.25) is 9.59 Å². The Bertz CT molecular complexity index is 1220. The van der Waals surface area contributed by atoms with Crippen molar-refractivity contribution >= 4 is 11.9 Å². The number of hydrogen-bond donors (Lipinski definition) is 3. The molecule has 0 radical (unpaired) electrons. The van der Waals surface area contributed by atoms with Gasteiger partial charge in [0.1, 0.15) is 0 Å². The summed E-state index contributed by atoms with van der Waals surface area (Å²) < 4.78 is 5.52. The second-order valence-electron chi connectivity index (χ2n) is 26.0. The molecule has 0 aromatic heterocycles. The summed E-state index contributed by atoms with van der Waals surface area (Å²) in [6, 6.07) is -0.627. The van der Waals surface area contributed by atoms with E-state index >= 15 is 0 Å². The third-order valence-electron chi connectivity index (χ3n) is 17.8. The van der Waals surface area contributed by atoms with Crippen molar-refractivity contribution in [2.45, 2.75) is 443 Å². The van der Waals surface area contributed by atoms with Crippen molar-refractivity contribution in [3.8, 4) is 0 Å². The summed E-state index contributed by atoms with van der Waals surface area (Å²) in [7, 11) is 0. The first-order valence-electron chi connectivity index (χ1n) is 37.5. The van der Waals surface area contributed by atoms with E-state index in [0.717, 1.165) is 38.5 Å². The zero-order valence-electron chi connectivity index (χ0n) is 55.3. The number of hydrogen-bond acceptors (Lipinski definition) is 5. The summed E-state index contributed by atoms with van der Waals surface area (Å²) in [5, 5.41) is 23.3. The number of amides is 1. The van der Waals surface area contributed by atoms with Crippen LogP contribution < -0.4 is 5.32 Å². The average molecular weight is 1140 g/mol. The first-order valence-corrected chi connectivity index (χ1v) is 37.5. The summed E-state index contributed by atoms with van der Waals surface area (Å²) in [4.78, 5) is 24.7. The Morgan fingerprint density at radius 1 is 0.333 bits per heavy atom. The molecule has 0 saturated carbocycles. The quantitative estimate of drug-likeness (QED) is 0.0320. The Labute approximate surface area is 508 Å². The lowest BCUT2D eigenvalue weighted by atomic mass is 10.0. The summed E-state index contributed by atoms with van der Waals surface area (Å²) in [5.74, 6) is -0.0407. The Kier molecular flexibility index (Phi) is 69.9. The maximum Gasteiger partial charge on any atom is 0.305 e. The molecule has 6 nitrogen and oxygen atoms in total. The maximum atomic E-state index is 12.5. The second kappa shape index (κ2) is 71.1. The predicted octanol–water partition coefficient (Wildman–Crippen LogP) is 24.3. The van der Waals surface area contributed by atoms with Crippen LogP contribution in [0, 0.1) is 0 Å². The number of carbonyl (C=O) groups is 2. The number of ether oxygens (including phenoxy) is 1. The number of carbonyl (C=O) groups excluding carboxylic acids is 2. The third kappa shape index (κ3) is 67.6. The van der Waals surface area contributed by atoms with E-state index in [2.05, 4.69) is 19.2 Å². The molecule has 0 rings (SSSR count). The van der Waals surface area contributed by atoms with Crippen LogP contribution in [0.5, 0.6) is 0 Å². The number of aliphatic hydroxyl groups excluding tert-OH is 2. The molecule has 3 N–H and O–H groups in total. The van der Waals surface area contributed by atoms with Crippen LogP contribution in [0.2, 0.25) is 0 Å². The molecule has 0 aliphatic heterocycles. The highest BCUT2D eigenvalue weighted by atomic mass is 16.5. The van der Waals surface area contributed by atoms with Gasteiger partial charge in [-0.25, -0.2) is 0 Å². The van der Waals surface area contributed by atoms with Crippen LogP contribution in [-0.4, -0.2) is 47.4 Å². The molecule has 0 aromatic rings. The molecule has 0 spiro atoms. The second-order valence-corrected chi connectivity index (χ2v) is 26.0. The molecule has 0 bridgehead atoms. The minimum Gasteiger partial charge on any atom is -0.466 e. The van der Waals surface area contributed by atoms with Crippen molar-refractivity contribution in [3.05, 3.63) is 12.2 Å². The smallest absolute Gasteiger partial charge is 0.305 e. The SMILES string of the molecule is CCCCCCCCCCCCCCCCCCCCC/C=C/C(O)C(CO)NC(=O)CCCCCCCCCCCCCCCCCCCCCCCCCCOC(=O)CCCCCCCCCCCCCCCCCCCCC. The normalized spacial score (nSPS) is 12.5. The first kappa shape index (κ1) is 79.6. The monoisotopic (exact) mass is 1140 g/mol. The predicted molar refractivity (Wildman–Crippen MR) is 357 cm³/mol. The van der Waals surface area contributed by atoms with E-state index in [4.69, 9.17) is 4.74 Å². The Morgan fingerprint density at radius 3 is 0.840 bits per heavy atom. The fourth-order valence-electron chi connectivity index (χ4n) is 12.1. The van der Waals surface area contributed by atoms with Gasteiger partial charge >= 0.3 is 5.97 Å². The van der Waals surface area contributed by atoms with Crippen LogP contribution >= 0.6 is 0 Å². The third-order valence-corrected chi connectivity index (χ3v) is 17.8. The molecule has 6 heteroatoms. The van der Waals surface area contributed by atoms with Gasteiger partial charge in [0.05, 0.1) is 25.4 Å². The molecule has 0 heterocycles. The van der Waals surface area contributed by atoms with Crippen LogP contribution in [0.15, 0.2) is 12.2 Å². The fourth-order valence-corrected chi connectivity index (χ4v) is 12.1. The Hall–Kier alpha value is -1.40. The molecule has 81 heavy (non-hydrogen) atoms. The fraction of sp³-hybridized carbons (Fsp3) is 0.947. The van der Waals surface area contributed by atoms with E-state index in [9.17, 15) is 19.8 Å². The molecule has 482 valence electrons. The molecule has 0 saturated heterocycles. The van der Waals surface area contributed by atoms with Crippen LogP contribution in [0.3, 0.4) is 0 Å². The first-order chi connectivity index (χ1) is 40.0. The molecule has 0 aliphatic rings. The van der Waals surface area contributed by atoms with Gasteiger partial charge in [-0.2, -0.15) is 0 Å². The summed E-state index contributed by atoms with van der Waals surface area (Å²) in [6.07, 6.45) is 88.8. The summed E-state index contributed by atoms with van der Waals surface area (Å²) >= 11 is 0. The topological polar surface area (TPSA) is 95.9 Å². The highest BCUT2D eigenvalue weighted by molar-refractivity contribution is 5.76. The number of aliphatic hydroxyl groups is 2. The van der Waals surface area contributed by atoms with Crippen LogP contribution in [0.4, 0.5) is 0 Å². The van der Waals surface area contributed by atoms with Crippen molar-refractivity contribution in [1.82, 2.24) is 5.32 Å². The van der Waals surface area contributed by atoms with Gasteiger partial charge in [-0.1, -0.05) is 398 Å². The minimum atomic E-state index is -0.844. The van der Waals surface area contributed by atoms with Crippen molar-refractivity contribution in [2.24, 2.45) is 0 Å². The van der Waals surface area contributed by atoms with Crippen LogP contribution in [0.1, 0.15) is 431 Å². The highest BCUT2D eigenvalue weighted by Crippen LogP contribution is 2.20. The van der Waals surface area contributed by atoms with Crippen LogP contribution in [0.25, 0.3) is 0 Å². The van der Waals surface area contributed by atoms with Crippen molar-refractivity contribution < 1.29 is 24.5 Å². The van der Waals surface area contributed by atoms with Gasteiger partial charge in [-0.05, 0) is 32.1 Å². The zero-order valence-corrected chi connectivity index (χ0v) is 55.3. The van der Waals surface area contributed by atoms with Gasteiger partial charge in [0, 0.05) is 12.8 Å². The standard InChI is InChI=1S/C75H147NO5/c1-3-5-7-9-11-13-15-17-19-21-23-28-32-35-39-43-47-51-55-59-63-67-73(78)72(71-77)76-74(79)68-64-60-56-52-48-44-40-36-33-29-26-24-25-27-30-34-38-42-46-50-54-58-62-66-70-81-75(80)69-65-61-57-53-49-45-41-37-31-22-20-18-16-14-12-10-8-6-4-2/h63,67,72-73,77-78H,3-62,64-66,68-71H2,1-2H3,(H,76,79)/b67-63+. The van der Waals surface area contributed by atoms with E-state index in [1.54, 1.807) is 6.08 Å². The Balaban J connectivity index is 3.36. The lowest BCUT2D eigenvalue weighted by Gasteiger charge is -2.20. The number of allylic oxidation sites excluding steroid dienone is 1. The van der Waals surface area contributed by atoms with Gasteiger partial charge < -0.3 is 20.3 Å². The van der Waals surface area contributed by atoms with Crippen molar-refractivity contribution in [1.29, 1.82) is 0 Å². The minimum absolute atomic E-state index is 0.0211. The number of nitrogens with one attached hydrogen (secondary N) is 1. The van der Waals surface area contributed by atoms with E-state index in [1.165, 1.54) is 366 Å². The van der Waals surface area contributed by atoms with E-state index in [0.29, 0.717) is 19.4 Å². The lowest BCUT2D eigenvalue weighted by molar-refractivity contribution is -0.143. The van der Waals surface area contributed by atoms with Crippen molar-refractivity contribution in [3.63, 3.8) is 0 Å². The molecular weight excluding hydrogens is 995 g/mol. The van der Waals surface area contributed by atoms with Crippen molar-refractivity contribution in [2.75, 3.05) is 13.2 Å². The van der Waals surface area contributed by atoms with Gasteiger partial charge in [0.15, 0.2) is 0 Å². The van der Waals surface area contributed by atoms with Gasteiger partial charge in [0.25, 0.3) is 0 Å². The van der Waals surface area contributed by atoms with Crippen LogP contribution in [-0.2, 0) is 14.3 Å². The van der Waals surface area contributed by atoms with E-state index in [1.807, 2.05) is 6.08 Å². The van der Waals surface area contributed by atoms with Gasteiger partial charge in [0.2, 0.25) is 5.91 Å². The molecule has 0 fully saturated rings. The van der Waals surface area contributed by atoms with E-state index in [-0.39, 0.29) is 18.5 Å². The largest absolute Gasteiger partial charge is 0.466 e.